The van der Waals surface area contributed by atoms with Crippen LogP contribution in [0.5, 0.6) is 0 Å². The van der Waals surface area contributed by atoms with Crippen LogP contribution >= 0.6 is 0 Å². The summed E-state index contributed by atoms with van der Waals surface area (Å²) >= 11 is 0. The van der Waals surface area contributed by atoms with Gasteiger partial charge in [0.2, 0.25) is 11.8 Å². The number of carbonyl (C=O) groups is 3. The summed E-state index contributed by atoms with van der Waals surface area (Å²) in [5, 5.41) is 6.78. The Morgan fingerprint density at radius 1 is 1.00 bits per heavy atom. The average Bonchev–Trinajstić information content (AvgIpc) is 3.34. The minimum Gasteiger partial charge on any atom is -0.322 e. The third-order valence-electron chi connectivity index (χ3n) is 5.46. The van der Waals surface area contributed by atoms with E-state index in [2.05, 4.69) is 10.4 Å². The molecule has 7 heteroatoms. The van der Waals surface area contributed by atoms with Gasteiger partial charge in [0.25, 0.3) is 5.91 Å². The van der Waals surface area contributed by atoms with Crippen LogP contribution in [0.25, 0.3) is 16.9 Å². The monoisotopic (exact) mass is 386 g/mol. The van der Waals surface area contributed by atoms with Gasteiger partial charge in [0.15, 0.2) is 0 Å². The molecule has 144 valence electrons. The first-order valence-electron chi connectivity index (χ1n) is 9.49. The SMILES string of the molecule is O=C1CCC(N2Cc3cc(-n4nccc4-c4ccccc4)ccc3C2=O)C(=O)N1. The molecule has 3 amide bonds. The average molecular weight is 386 g/mol. The van der Waals surface area contributed by atoms with Gasteiger partial charge >= 0.3 is 0 Å². The molecule has 1 unspecified atom stereocenters. The number of fused-ring (bicyclic) bond motifs is 1. The van der Waals surface area contributed by atoms with Crippen LogP contribution in [0.2, 0.25) is 0 Å². The molecule has 1 N–H and O–H groups in total. The van der Waals surface area contributed by atoms with Crippen molar-refractivity contribution < 1.29 is 14.4 Å². The highest BCUT2D eigenvalue weighted by Gasteiger charge is 2.39. The van der Waals surface area contributed by atoms with Gasteiger partial charge in [-0.05, 0) is 36.2 Å². The first-order valence-corrected chi connectivity index (χ1v) is 9.49. The van der Waals surface area contributed by atoms with E-state index < -0.39 is 11.9 Å². The first-order chi connectivity index (χ1) is 14.1. The lowest BCUT2D eigenvalue weighted by molar-refractivity contribution is -0.136. The van der Waals surface area contributed by atoms with E-state index in [9.17, 15) is 14.4 Å². The van der Waals surface area contributed by atoms with Gasteiger partial charge in [-0.1, -0.05) is 30.3 Å². The summed E-state index contributed by atoms with van der Waals surface area (Å²) in [5.41, 5.74) is 4.30. The molecule has 0 saturated carbocycles. The molecule has 3 heterocycles. The summed E-state index contributed by atoms with van der Waals surface area (Å²) in [7, 11) is 0. The molecule has 2 aliphatic rings. The number of rotatable bonds is 3. The molecule has 0 spiro atoms. The van der Waals surface area contributed by atoms with Crippen LogP contribution in [0.1, 0.15) is 28.8 Å². The smallest absolute Gasteiger partial charge is 0.255 e. The molecule has 1 aromatic heterocycles. The number of nitrogens with zero attached hydrogens (tertiary/aromatic N) is 3. The Kier molecular flexibility index (Phi) is 4.01. The van der Waals surface area contributed by atoms with Gasteiger partial charge in [0.1, 0.15) is 6.04 Å². The van der Waals surface area contributed by atoms with Crippen molar-refractivity contribution in [2.75, 3.05) is 0 Å². The zero-order chi connectivity index (χ0) is 20.0. The normalized spacial score (nSPS) is 18.7. The van der Waals surface area contributed by atoms with Crippen LogP contribution in [0.15, 0.2) is 60.8 Å². The van der Waals surface area contributed by atoms with Crippen LogP contribution in [0, 0.1) is 0 Å². The minimum absolute atomic E-state index is 0.176. The van der Waals surface area contributed by atoms with Crippen molar-refractivity contribution in [3.05, 3.63) is 71.9 Å². The number of carbonyl (C=O) groups excluding carboxylic acids is 3. The standard InChI is InChI=1S/C22H18N4O3/c27-20-9-8-19(21(28)24-20)25-13-15-12-16(6-7-17(15)22(25)29)26-18(10-11-23-26)14-4-2-1-3-5-14/h1-7,10-12,19H,8-9,13H2,(H,24,27,28). The summed E-state index contributed by atoms with van der Waals surface area (Å²) in [6.45, 7) is 0.343. The molecule has 0 bridgehead atoms. The zero-order valence-corrected chi connectivity index (χ0v) is 15.5. The largest absolute Gasteiger partial charge is 0.322 e. The predicted octanol–water partition coefficient (Wildman–Crippen LogP) is 2.30. The topological polar surface area (TPSA) is 84.3 Å². The van der Waals surface area contributed by atoms with Crippen LogP contribution < -0.4 is 5.32 Å². The third kappa shape index (κ3) is 2.91. The number of piperidine rings is 1. The molecule has 1 saturated heterocycles. The number of hydrogen-bond donors (Lipinski definition) is 1. The van der Waals surface area contributed by atoms with Gasteiger partial charge in [-0.25, -0.2) is 4.68 Å². The van der Waals surface area contributed by atoms with Crippen molar-refractivity contribution in [1.29, 1.82) is 0 Å². The Balaban J connectivity index is 1.47. The summed E-state index contributed by atoms with van der Waals surface area (Å²) < 4.78 is 1.84. The molecule has 1 atom stereocenters. The molecule has 0 aliphatic carbocycles. The summed E-state index contributed by atoms with van der Waals surface area (Å²) in [6, 6.07) is 16.9. The van der Waals surface area contributed by atoms with Gasteiger partial charge in [-0.15, -0.1) is 0 Å². The maximum atomic E-state index is 12.8. The van der Waals surface area contributed by atoms with Crippen molar-refractivity contribution in [3.8, 4) is 16.9 Å². The molecule has 3 aromatic rings. The van der Waals surface area contributed by atoms with E-state index in [4.69, 9.17) is 0 Å². The van der Waals surface area contributed by atoms with Gasteiger partial charge in [-0.3, -0.25) is 19.7 Å². The van der Waals surface area contributed by atoms with E-state index >= 15 is 0 Å². The summed E-state index contributed by atoms with van der Waals surface area (Å²) in [6.07, 6.45) is 2.35. The Bertz CT molecular complexity index is 1140. The molecular formula is C22H18N4O3. The molecule has 1 fully saturated rings. The number of benzene rings is 2. The highest BCUT2D eigenvalue weighted by Crippen LogP contribution is 2.30. The molecule has 2 aliphatic heterocycles. The van der Waals surface area contributed by atoms with Gasteiger partial charge in [-0.2, -0.15) is 5.10 Å². The molecular weight excluding hydrogens is 368 g/mol. The minimum atomic E-state index is -0.611. The van der Waals surface area contributed by atoms with E-state index in [0.717, 1.165) is 22.5 Å². The number of imide groups is 1. The van der Waals surface area contributed by atoms with Crippen molar-refractivity contribution in [3.63, 3.8) is 0 Å². The quantitative estimate of drug-likeness (QED) is 0.700. The van der Waals surface area contributed by atoms with Crippen LogP contribution in [0.4, 0.5) is 0 Å². The van der Waals surface area contributed by atoms with E-state index in [-0.39, 0.29) is 18.2 Å². The van der Waals surface area contributed by atoms with Crippen molar-refractivity contribution >= 4 is 17.7 Å². The fourth-order valence-corrected chi connectivity index (χ4v) is 4.03. The van der Waals surface area contributed by atoms with E-state index in [1.807, 2.05) is 53.2 Å². The fraction of sp³-hybridized carbons (Fsp3) is 0.182. The lowest BCUT2D eigenvalue weighted by Gasteiger charge is -2.29. The Morgan fingerprint density at radius 2 is 1.83 bits per heavy atom. The van der Waals surface area contributed by atoms with E-state index in [1.165, 1.54) is 0 Å². The Hall–Kier alpha value is -3.74. The van der Waals surface area contributed by atoms with Crippen molar-refractivity contribution in [2.45, 2.75) is 25.4 Å². The second kappa shape index (κ2) is 6.70. The van der Waals surface area contributed by atoms with Crippen molar-refractivity contribution in [2.24, 2.45) is 0 Å². The van der Waals surface area contributed by atoms with Crippen LogP contribution in [-0.2, 0) is 16.1 Å². The van der Waals surface area contributed by atoms with Crippen molar-refractivity contribution in [1.82, 2.24) is 20.0 Å². The number of aromatic nitrogens is 2. The molecule has 0 radical (unpaired) electrons. The third-order valence-corrected chi connectivity index (χ3v) is 5.46. The maximum Gasteiger partial charge on any atom is 0.255 e. The number of hydrogen-bond acceptors (Lipinski definition) is 4. The molecule has 7 nitrogen and oxygen atoms in total. The molecule has 5 rings (SSSR count). The lowest BCUT2D eigenvalue weighted by atomic mass is 10.0. The Labute approximate surface area is 166 Å². The lowest BCUT2D eigenvalue weighted by Crippen LogP contribution is -2.52. The van der Waals surface area contributed by atoms with Gasteiger partial charge in [0, 0.05) is 24.1 Å². The van der Waals surface area contributed by atoms with Crippen LogP contribution in [0.3, 0.4) is 0 Å². The van der Waals surface area contributed by atoms with E-state index in [1.54, 1.807) is 17.2 Å². The highest BCUT2D eigenvalue weighted by atomic mass is 16.2. The van der Waals surface area contributed by atoms with E-state index in [0.29, 0.717) is 18.5 Å². The second-order valence-electron chi connectivity index (χ2n) is 7.24. The first kappa shape index (κ1) is 17.4. The van der Waals surface area contributed by atoms with Gasteiger partial charge in [0.05, 0.1) is 17.6 Å². The number of amides is 3. The number of nitrogens with one attached hydrogen (secondary N) is 1. The summed E-state index contributed by atoms with van der Waals surface area (Å²) in [4.78, 5) is 38.0. The Morgan fingerprint density at radius 3 is 2.62 bits per heavy atom. The van der Waals surface area contributed by atoms with Gasteiger partial charge < -0.3 is 4.90 Å². The van der Waals surface area contributed by atoms with Crippen LogP contribution in [-0.4, -0.2) is 38.4 Å². The predicted molar refractivity (Wildman–Crippen MR) is 105 cm³/mol. The summed E-state index contributed by atoms with van der Waals surface area (Å²) in [5.74, 6) is -0.865. The molecule has 2 aromatic carbocycles. The zero-order valence-electron chi connectivity index (χ0n) is 15.5. The second-order valence-corrected chi connectivity index (χ2v) is 7.24. The molecule has 29 heavy (non-hydrogen) atoms. The highest BCUT2D eigenvalue weighted by molar-refractivity contribution is 6.05. The maximum absolute atomic E-state index is 12.8. The fourth-order valence-electron chi connectivity index (χ4n) is 4.03.